The number of urea groups is 1. The summed E-state index contributed by atoms with van der Waals surface area (Å²) in [7, 11) is 3.11. The molecule has 0 saturated carbocycles. The lowest BCUT2D eigenvalue weighted by Gasteiger charge is -2.27. The molecule has 10 nitrogen and oxygen atoms in total. The van der Waals surface area contributed by atoms with Crippen molar-refractivity contribution in [2.24, 2.45) is 0 Å². The lowest BCUT2D eigenvalue weighted by molar-refractivity contribution is -0.150. The first kappa shape index (κ1) is 34.5. The zero-order valence-electron chi connectivity index (χ0n) is 23.5. The molecular formula is C29H33F4N5O5. The van der Waals surface area contributed by atoms with Gasteiger partial charge in [0.05, 0.1) is 25.7 Å². The van der Waals surface area contributed by atoms with E-state index in [-0.39, 0.29) is 25.6 Å². The molecular weight excluding hydrogens is 574 g/mol. The van der Waals surface area contributed by atoms with Crippen molar-refractivity contribution in [1.82, 2.24) is 20.5 Å². The SMILES string of the molecule is CNc1cc(C(COC)N2CC(C(F)(F)F)NC2=O)ccn1.Fc1ccccc1.O=CCNC(=O)OCc1ccccc1. The second-order valence-corrected chi connectivity index (χ2v) is 8.80. The molecule has 2 unspecified atom stereocenters. The molecule has 3 aromatic rings. The first-order chi connectivity index (χ1) is 20.6. The molecule has 14 heteroatoms. The smallest absolute Gasteiger partial charge is 0.410 e. The summed E-state index contributed by atoms with van der Waals surface area (Å²) in [5.41, 5.74) is 1.56. The van der Waals surface area contributed by atoms with Gasteiger partial charge in [-0.2, -0.15) is 13.2 Å². The number of methoxy groups -OCH3 is 1. The molecule has 1 fully saturated rings. The third-order valence-electron chi connectivity index (χ3n) is 5.73. The lowest BCUT2D eigenvalue weighted by atomic mass is 10.1. The highest BCUT2D eigenvalue weighted by Crippen LogP contribution is 2.30. The second-order valence-electron chi connectivity index (χ2n) is 8.80. The molecule has 1 aromatic heterocycles. The van der Waals surface area contributed by atoms with Crippen molar-refractivity contribution in [3.05, 3.63) is 95.9 Å². The zero-order chi connectivity index (χ0) is 31.7. The van der Waals surface area contributed by atoms with Crippen LogP contribution in [0.3, 0.4) is 0 Å². The number of carbonyl (C=O) groups is 3. The van der Waals surface area contributed by atoms with Crippen molar-refractivity contribution in [1.29, 1.82) is 0 Å². The fourth-order valence-corrected chi connectivity index (χ4v) is 3.64. The minimum Gasteiger partial charge on any atom is -0.445 e. The highest BCUT2D eigenvalue weighted by molar-refractivity contribution is 5.77. The predicted molar refractivity (Wildman–Crippen MR) is 151 cm³/mol. The van der Waals surface area contributed by atoms with Crippen LogP contribution in [0, 0.1) is 5.82 Å². The van der Waals surface area contributed by atoms with Gasteiger partial charge in [0.15, 0.2) is 0 Å². The molecule has 2 aromatic carbocycles. The van der Waals surface area contributed by atoms with E-state index in [1.54, 1.807) is 37.4 Å². The summed E-state index contributed by atoms with van der Waals surface area (Å²) < 4.78 is 60.2. The molecule has 1 aliphatic heterocycles. The van der Waals surface area contributed by atoms with Crippen LogP contribution < -0.4 is 16.0 Å². The number of rotatable bonds is 9. The molecule has 0 spiro atoms. The van der Waals surface area contributed by atoms with E-state index in [1.165, 1.54) is 25.4 Å². The minimum atomic E-state index is -4.48. The number of pyridine rings is 1. The fourth-order valence-electron chi connectivity index (χ4n) is 3.64. The summed E-state index contributed by atoms with van der Waals surface area (Å²) in [5, 5.41) is 7.08. The van der Waals surface area contributed by atoms with Crippen molar-refractivity contribution in [3.63, 3.8) is 0 Å². The Balaban J connectivity index is 0.000000260. The summed E-state index contributed by atoms with van der Waals surface area (Å²) in [6.45, 7) is -0.169. The quantitative estimate of drug-likeness (QED) is 0.238. The van der Waals surface area contributed by atoms with Crippen molar-refractivity contribution in [2.75, 3.05) is 39.2 Å². The number of aldehydes is 1. The van der Waals surface area contributed by atoms with Crippen LogP contribution in [0.25, 0.3) is 0 Å². The Morgan fingerprint density at radius 1 is 1.14 bits per heavy atom. The van der Waals surface area contributed by atoms with Gasteiger partial charge in [-0.15, -0.1) is 0 Å². The average molecular weight is 608 g/mol. The summed E-state index contributed by atoms with van der Waals surface area (Å²) in [6, 6.07) is 17.3. The maximum Gasteiger partial charge on any atom is 0.410 e. The maximum atomic E-state index is 12.8. The number of amides is 3. The molecule has 0 radical (unpaired) electrons. The Hall–Kier alpha value is -4.72. The van der Waals surface area contributed by atoms with E-state index >= 15 is 0 Å². The van der Waals surface area contributed by atoms with Crippen LogP contribution in [0.5, 0.6) is 0 Å². The maximum absolute atomic E-state index is 12.8. The number of alkyl halides is 3. The largest absolute Gasteiger partial charge is 0.445 e. The number of alkyl carbamates (subject to hydrolysis) is 1. The van der Waals surface area contributed by atoms with Crippen LogP contribution >= 0.6 is 0 Å². The Kier molecular flexibility index (Phi) is 14.4. The van der Waals surface area contributed by atoms with Gasteiger partial charge >= 0.3 is 18.3 Å². The summed E-state index contributed by atoms with van der Waals surface area (Å²) in [4.78, 5) is 37.9. The summed E-state index contributed by atoms with van der Waals surface area (Å²) in [6.07, 6.45) is -2.93. The number of hydrogen-bond acceptors (Lipinski definition) is 7. The minimum absolute atomic E-state index is 0.0202. The topological polar surface area (TPSA) is 122 Å². The fraction of sp³-hybridized carbons (Fsp3) is 0.310. The van der Waals surface area contributed by atoms with E-state index < -0.39 is 36.9 Å². The number of aromatic nitrogens is 1. The first-order valence-corrected chi connectivity index (χ1v) is 12.9. The average Bonchev–Trinajstić information content (AvgIpc) is 3.41. The van der Waals surface area contributed by atoms with Gasteiger partial charge in [0.1, 0.15) is 30.6 Å². The van der Waals surface area contributed by atoms with Crippen molar-refractivity contribution in [2.45, 2.75) is 24.9 Å². The predicted octanol–water partition coefficient (Wildman–Crippen LogP) is 4.70. The van der Waals surface area contributed by atoms with Crippen molar-refractivity contribution < 1.29 is 41.4 Å². The normalized spacial score (nSPS) is 14.6. The van der Waals surface area contributed by atoms with Gasteiger partial charge in [0.2, 0.25) is 0 Å². The highest BCUT2D eigenvalue weighted by Gasteiger charge is 2.48. The van der Waals surface area contributed by atoms with E-state index in [4.69, 9.17) is 9.47 Å². The zero-order valence-corrected chi connectivity index (χ0v) is 23.5. The van der Waals surface area contributed by atoms with Gasteiger partial charge in [0.25, 0.3) is 0 Å². The van der Waals surface area contributed by atoms with E-state index in [2.05, 4.69) is 15.6 Å². The number of benzene rings is 2. The van der Waals surface area contributed by atoms with Gasteiger partial charge in [-0.25, -0.2) is 19.0 Å². The molecule has 3 N–H and O–H groups in total. The molecule has 232 valence electrons. The molecule has 1 saturated heterocycles. The van der Waals surface area contributed by atoms with Crippen molar-refractivity contribution in [3.8, 4) is 0 Å². The summed E-state index contributed by atoms with van der Waals surface area (Å²) in [5.74, 6) is 0.382. The number of carbonyl (C=O) groups excluding carboxylic acids is 3. The number of nitrogens with zero attached hydrogens (tertiary/aromatic N) is 2. The number of halogens is 4. The Labute approximate surface area is 246 Å². The number of ether oxygens (including phenoxy) is 2. The second kappa shape index (κ2) is 18.0. The molecule has 43 heavy (non-hydrogen) atoms. The molecule has 4 rings (SSSR count). The Bertz CT molecular complexity index is 1270. The van der Waals surface area contributed by atoms with E-state index in [0.717, 1.165) is 10.5 Å². The van der Waals surface area contributed by atoms with Crippen LogP contribution in [0.1, 0.15) is 17.2 Å². The third kappa shape index (κ3) is 12.4. The molecule has 0 aliphatic carbocycles. The third-order valence-corrected chi connectivity index (χ3v) is 5.73. The summed E-state index contributed by atoms with van der Waals surface area (Å²) >= 11 is 0. The monoisotopic (exact) mass is 607 g/mol. The van der Waals surface area contributed by atoms with Crippen molar-refractivity contribution >= 4 is 24.2 Å². The van der Waals surface area contributed by atoms with Crippen LogP contribution in [0.15, 0.2) is 79.0 Å². The number of hydrogen-bond donors (Lipinski definition) is 3. The Morgan fingerprint density at radius 3 is 2.30 bits per heavy atom. The molecule has 1 aliphatic rings. The van der Waals surface area contributed by atoms with E-state index in [9.17, 15) is 31.9 Å². The van der Waals surface area contributed by atoms with Gasteiger partial charge in [0, 0.05) is 20.4 Å². The first-order valence-electron chi connectivity index (χ1n) is 12.9. The number of anilines is 1. The molecule has 2 atom stereocenters. The van der Waals surface area contributed by atoms with Crippen LogP contribution in [-0.2, 0) is 20.9 Å². The van der Waals surface area contributed by atoms with Crippen LogP contribution in [-0.4, -0.2) is 74.4 Å². The van der Waals surface area contributed by atoms with E-state index in [1.807, 2.05) is 35.6 Å². The number of nitrogens with one attached hydrogen (secondary N) is 3. The Morgan fingerprint density at radius 2 is 1.79 bits per heavy atom. The van der Waals surface area contributed by atoms with Crippen LogP contribution in [0.2, 0.25) is 0 Å². The van der Waals surface area contributed by atoms with Gasteiger partial charge < -0.3 is 35.1 Å². The standard InChI is InChI=1S/C13H17F3N4O2.C10H11NO3.C6H5F/c1-17-11-5-8(3-4-18-11)9(7-22-2)20-6-10(13(14,15)16)19-12(20)21;12-7-6-11-10(13)14-8-9-4-2-1-3-5-9;7-6-4-2-1-3-5-6/h3-5,9-10H,6-7H2,1-2H3,(H,17,18)(H,19,21);1-5,7H,6,8H2,(H,11,13);1-5H. The lowest BCUT2D eigenvalue weighted by Crippen LogP contribution is -2.40. The highest BCUT2D eigenvalue weighted by atomic mass is 19.4. The molecule has 3 amide bonds. The molecule has 0 bridgehead atoms. The van der Waals surface area contributed by atoms with Gasteiger partial charge in [-0.05, 0) is 35.4 Å². The van der Waals surface area contributed by atoms with Gasteiger partial charge in [-0.1, -0.05) is 48.5 Å². The molecule has 2 heterocycles. The van der Waals surface area contributed by atoms with Gasteiger partial charge in [-0.3, -0.25) is 0 Å². The van der Waals surface area contributed by atoms with Crippen LogP contribution in [0.4, 0.5) is 33.0 Å². The van der Waals surface area contributed by atoms with E-state index in [0.29, 0.717) is 17.7 Å².